The van der Waals surface area contributed by atoms with Gasteiger partial charge in [0.2, 0.25) is 5.95 Å². The molecule has 0 aromatic carbocycles. The second-order valence-electron chi connectivity index (χ2n) is 2.77. The van der Waals surface area contributed by atoms with Crippen LogP contribution in [0.1, 0.15) is 0 Å². The third-order valence-corrected chi connectivity index (χ3v) is 4.08. The van der Waals surface area contributed by atoms with E-state index in [4.69, 9.17) is 5.73 Å². The minimum atomic E-state index is 0.511. The van der Waals surface area contributed by atoms with Crippen LogP contribution in [0.15, 0.2) is 20.5 Å². The minimum absolute atomic E-state index is 0.511. The van der Waals surface area contributed by atoms with Gasteiger partial charge in [-0.1, -0.05) is 0 Å². The van der Waals surface area contributed by atoms with Crippen molar-refractivity contribution >= 4 is 49.1 Å². The quantitative estimate of drug-likeness (QED) is 0.868. The van der Waals surface area contributed by atoms with E-state index in [1.165, 1.54) is 0 Å². The molecule has 0 fully saturated rings. The molecular formula is C8H7Br2N3S. The van der Waals surface area contributed by atoms with Crippen molar-refractivity contribution in [1.29, 1.82) is 0 Å². The Balaban J connectivity index is 2.61. The molecule has 2 N–H and O–H groups in total. The fraction of sp³-hybridized carbons (Fsp3) is 0.125. The standard InChI is InChI=1S/C8H7Br2N3S/c1-13-6(7(10)12-8(13)11)4-2-3-5(9)14-4/h2-3H,1H3,(H2,11,12). The number of rotatable bonds is 1. The van der Waals surface area contributed by atoms with E-state index in [-0.39, 0.29) is 0 Å². The van der Waals surface area contributed by atoms with Crippen LogP contribution in [0.3, 0.4) is 0 Å². The molecule has 0 aliphatic carbocycles. The molecule has 0 aliphatic heterocycles. The molecule has 14 heavy (non-hydrogen) atoms. The maximum absolute atomic E-state index is 5.70. The normalized spacial score (nSPS) is 10.8. The highest BCUT2D eigenvalue weighted by molar-refractivity contribution is 9.11. The highest BCUT2D eigenvalue weighted by Gasteiger charge is 2.13. The highest BCUT2D eigenvalue weighted by atomic mass is 79.9. The van der Waals surface area contributed by atoms with E-state index in [0.717, 1.165) is 19.0 Å². The summed E-state index contributed by atoms with van der Waals surface area (Å²) in [5.41, 5.74) is 6.71. The second kappa shape index (κ2) is 3.67. The van der Waals surface area contributed by atoms with Gasteiger partial charge < -0.3 is 10.3 Å². The molecule has 0 bridgehead atoms. The van der Waals surface area contributed by atoms with Crippen molar-refractivity contribution in [2.24, 2.45) is 7.05 Å². The van der Waals surface area contributed by atoms with Crippen molar-refractivity contribution in [3.05, 3.63) is 20.5 Å². The number of anilines is 1. The summed E-state index contributed by atoms with van der Waals surface area (Å²) < 4.78 is 3.74. The first-order valence-corrected chi connectivity index (χ1v) is 6.23. The summed E-state index contributed by atoms with van der Waals surface area (Å²) in [6.45, 7) is 0. The molecule has 0 saturated carbocycles. The molecule has 74 valence electrons. The van der Waals surface area contributed by atoms with Crippen molar-refractivity contribution in [3.63, 3.8) is 0 Å². The van der Waals surface area contributed by atoms with Crippen LogP contribution in [0.25, 0.3) is 10.6 Å². The lowest BCUT2D eigenvalue weighted by Gasteiger charge is -2.00. The molecule has 3 nitrogen and oxygen atoms in total. The van der Waals surface area contributed by atoms with E-state index in [1.807, 2.05) is 23.7 Å². The Morgan fingerprint density at radius 3 is 2.57 bits per heavy atom. The van der Waals surface area contributed by atoms with Crippen LogP contribution in [-0.4, -0.2) is 9.55 Å². The molecule has 0 aliphatic rings. The number of hydrogen-bond donors (Lipinski definition) is 1. The van der Waals surface area contributed by atoms with Crippen LogP contribution in [0, 0.1) is 0 Å². The van der Waals surface area contributed by atoms with Crippen molar-refractivity contribution < 1.29 is 0 Å². The zero-order valence-electron chi connectivity index (χ0n) is 7.29. The van der Waals surface area contributed by atoms with Crippen LogP contribution in [0.5, 0.6) is 0 Å². The first kappa shape index (κ1) is 10.2. The number of nitrogen functional groups attached to an aromatic ring is 1. The monoisotopic (exact) mass is 335 g/mol. The van der Waals surface area contributed by atoms with E-state index in [0.29, 0.717) is 5.95 Å². The molecule has 0 radical (unpaired) electrons. The number of imidazole rings is 1. The molecule has 0 saturated heterocycles. The van der Waals surface area contributed by atoms with E-state index in [1.54, 1.807) is 11.3 Å². The summed E-state index contributed by atoms with van der Waals surface area (Å²) in [5, 5.41) is 0. The second-order valence-corrected chi connectivity index (χ2v) is 5.99. The van der Waals surface area contributed by atoms with Gasteiger partial charge in [0.05, 0.1) is 14.4 Å². The third kappa shape index (κ3) is 1.62. The van der Waals surface area contributed by atoms with Crippen LogP contribution < -0.4 is 5.73 Å². The Morgan fingerprint density at radius 2 is 2.14 bits per heavy atom. The third-order valence-electron chi connectivity index (χ3n) is 1.89. The molecule has 0 spiro atoms. The van der Waals surface area contributed by atoms with Gasteiger partial charge in [0.25, 0.3) is 0 Å². The predicted molar refractivity (Wildman–Crippen MR) is 66.3 cm³/mol. The fourth-order valence-electron chi connectivity index (χ4n) is 1.19. The maximum Gasteiger partial charge on any atom is 0.201 e. The molecule has 2 heterocycles. The van der Waals surface area contributed by atoms with Crippen molar-refractivity contribution in [2.75, 3.05) is 5.73 Å². The molecule has 0 amide bonds. The lowest BCUT2D eigenvalue weighted by atomic mass is 10.4. The number of halogens is 2. The fourth-order valence-corrected chi connectivity index (χ4v) is 3.45. The number of thiophene rings is 1. The predicted octanol–water partition coefficient (Wildman–Crippen LogP) is 3.26. The van der Waals surface area contributed by atoms with Gasteiger partial charge in [-0.15, -0.1) is 11.3 Å². The first-order valence-electron chi connectivity index (χ1n) is 3.83. The zero-order chi connectivity index (χ0) is 10.3. The largest absolute Gasteiger partial charge is 0.369 e. The minimum Gasteiger partial charge on any atom is -0.369 e. The summed E-state index contributed by atoms with van der Waals surface area (Å²) in [6.07, 6.45) is 0. The Bertz CT molecular complexity index is 475. The van der Waals surface area contributed by atoms with Gasteiger partial charge in [-0.25, -0.2) is 4.98 Å². The molecule has 6 heteroatoms. The number of nitrogens with zero attached hydrogens (tertiary/aromatic N) is 2. The van der Waals surface area contributed by atoms with E-state index >= 15 is 0 Å². The van der Waals surface area contributed by atoms with Gasteiger partial charge in [-0.2, -0.15) is 0 Å². The summed E-state index contributed by atoms with van der Waals surface area (Å²) in [4.78, 5) is 5.28. The van der Waals surface area contributed by atoms with Crippen LogP contribution in [-0.2, 0) is 7.05 Å². The molecule has 2 aromatic heterocycles. The van der Waals surface area contributed by atoms with Gasteiger partial charge in [-0.3, -0.25) is 0 Å². The summed E-state index contributed by atoms with van der Waals surface area (Å²) in [7, 11) is 1.90. The molecule has 2 aromatic rings. The summed E-state index contributed by atoms with van der Waals surface area (Å²) >= 11 is 8.47. The first-order chi connectivity index (χ1) is 6.59. The van der Waals surface area contributed by atoms with Crippen molar-refractivity contribution in [1.82, 2.24) is 9.55 Å². The smallest absolute Gasteiger partial charge is 0.201 e. The Hall–Kier alpha value is -0.330. The number of hydrogen-bond acceptors (Lipinski definition) is 3. The van der Waals surface area contributed by atoms with Crippen LogP contribution in [0.2, 0.25) is 0 Å². The van der Waals surface area contributed by atoms with E-state index in [9.17, 15) is 0 Å². The van der Waals surface area contributed by atoms with Gasteiger partial charge >= 0.3 is 0 Å². The van der Waals surface area contributed by atoms with Crippen molar-refractivity contribution in [2.45, 2.75) is 0 Å². The Morgan fingerprint density at radius 1 is 1.43 bits per heavy atom. The Labute approximate surface area is 102 Å². The van der Waals surface area contributed by atoms with Crippen molar-refractivity contribution in [3.8, 4) is 10.6 Å². The zero-order valence-corrected chi connectivity index (χ0v) is 11.3. The van der Waals surface area contributed by atoms with Crippen LogP contribution >= 0.6 is 43.2 Å². The SMILES string of the molecule is Cn1c(N)nc(Br)c1-c1ccc(Br)s1. The average molecular weight is 337 g/mol. The van der Waals surface area contributed by atoms with Gasteiger partial charge in [0.15, 0.2) is 0 Å². The molecule has 2 rings (SSSR count). The summed E-state index contributed by atoms with van der Waals surface area (Å²) in [5.74, 6) is 0.511. The topological polar surface area (TPSA) is 43.8 Å². The maximum atomic E-state index is 5.70. The van der Waals surface area contributed by atoms with Gasteiger partial charge in [0.1, 0.15) is 4.60 Å². The number of nitrogens with two attached hydrogens (primary N) is 1. The average Bonchev–Trinajstić information content (AvgIpc) is 2.60. The highest BCUT2D eigenvalue weighted by Crippen LogP contribution is 2.36. The van der Waals surface area contributed by atoms with Crippen LogP contribution in [0.4, 0.5) is 5.95 Å². The Kier molecular flexibility index (Phi) is 2.68. The number of aromatic nitrogens is 2. The molecule has 0 atom stereocenters. The van der Waals surface area contributed by atoms with Gasteiger partial charge in [0, 0.05) is 7.05 Å². The molecular weight excluding hydrogens is 330 g/mol. The lowest BCUT2D eigenvalue weighted by molar-refractivity contribution is 0.940. The van der Waals surface area contributed by atoms with E-state index in [2.05, 4.69) is 36.8 Å². The molecule has 0 unspecified atom stereocenters. The van der Waals surface area contributed by atoms with Gasteiger partial charge in [-0.05, 0) is 44.0 Å². The lowest BCUT2D eigenvalue weighted by Crippen LogP contribution is -1.97. The van der Waals surface area contributed by atoms with E-state index < -0.39 is 0 Å². The summed E-state index contributed by atoms with van der Waals surface area (Å²) in [6, 6.07) is 4.05.